The van der Waals surface area contributed by atoms with E-state index in [1.807, 2.05) is 11.4 Å². The van der Waals surface area contributed by atoms with Gasteiger partial charge >= 0.3 is 5.97 Å². The molecular weight excluding hydrogens is 317 g/mol. The van der Waals surface area contributed by atoms with Gasteiger partial charge in [0.25, 0.3) is 5.56 Å². The number of fused-ring (bicyclic) bond motifs is 1. The van der Waals surface area contributed by atoms with Gasteiger partial charge in [0.05, 0.1) is 5.56 Å². The third kappa shape index (κ3) is 2.66. The SMILES string of the molecule is CCC(=O)Oc1c(-c2ccc(F)cc2)c2ccsc2c(=O)n1C. The van der Waals surface area contributed by atoms with E-state index in [0.717, 1.165) is 0 Å². The number of hydrogen-bond donors (Lipinski definition) is 0. The monoisotopic (exact) mass is 331 g/mol. The number of aromatic nitrogens is 1. The molecule has 23 heavy (non-hydrogen) atoms. The smallest absolute Gasteiger partial charge is 0.312 e. The third-order valence-electron chi connectivity index (χ3n) is 3.58. The molecule has 0 bridgehead atoms. The fourth-order valence-electron chi connectivity index (χ4n) is 2.39. The van der Waals surface area contributed by atoms with Crippen LogP contribution in [-0.2, 0) is 11.8 Å². The fraction of sp³-hybridized carbons (Fsp3) is 0.176. The molecule has 0 saturated heterocycles. The Morgan fingerprint density at radius 2 is 1.96 bits per heavy atom. The Morgan fingerprint density at radius 3 is 2.61 bits per heavy atom. The lowest BCUT2D eigenvalue weighted by Crippen LogP contribution is -2.21. The maximum absolute atomic E-state index is 13.2. The van der Waals surface area contributed by atoms with Gasteiger partial charge in [-0.25, -0.2) is 4.39 Å². The van der Waals surface area contributed by atoms with E-state index in [1.54, 1.807) is 26.1 Å². The molecule has 0 N–H and O–H groups in total. The molecule has 0 aliphatic rings. The first kappa shape index (κ1) is 15.4. The summed E-state index contributed by atoms with van der Waals surface area (Å²) in [6.07, 6.45) is 0.193. The molecule has 0 amide bonds. The first-order chi connectivity index (χ1) is 11.0. The number of carbonyl (C=O) groups is 1. The highest BCUT2D eigenvalue weighted by Crippen LogP contribution is 2.37. The van der Waals surface area contributed by atoms with Crippen molar-refractivity contribution in [2.45, 2.75) is 13.3 Å². The molecule has 0 aliphatic carbocycles. The van der Waals surface area contributed by atoms with Gasteiger partial charge in [-0.15, -0.1) is 11.3 Å². The van der Waals surface area contributed by atoms with Gasteiger partial charge in [0.2, 0.25) is 5.88 Å². The summed E-state index contributed by atoms with van der Waals surface area (Å²) in [5.74, 6) is -0.607. The van der Waals surface area contributed by atoms with Crippen LogP contribution in [0.3, 0.4) is 0 Å². The summed E-state index contributed by atoms with van der Waals surface area (Å²) in [5, 5.41) is 2.51. The zero-order valence-electron chi connectivity index (χ0n) is 12.6. The van der Waals surface area contributed by atoms with Gasteiger partial charge in [0.1, 0.15) is 10.5 Å². The minimum atomic E-state index is -0.432. The van der Waals surface area contributed by atoms with E-state index in [9.17, 15) is 14.0 Å². The van der Waals surface area contributed by atoms with Gasteiger partial charge in [-0.3, -0.25) is 14.2 Å². The van der Waals surface area contributed by atoms with Gasteiger partial charge in [-0.2, -0.15) is 0 Å². The molecule has 0 saturated carbocycles. The summed E-state index contributed by atoms with van der Waals surface area (Å²) in [7, 11) is 1.56. The Kier molecular flexibility index (Phi) is 4.00. The number of esters is 1. The molecule has 0 atom stereocenters. The van der Waals surface area contributed by atoms with E-state index in [-0.39, 0.29) is 23.7 Å². The second-order valence-corrected chi connectivity index (χ2v) is 5.96. The Hall–Kier alpha value is -2.47. The molecular formula is C17H14FNO3S. The van der Waals surface area contributed by atoms with Gasteiger partial charge < -0.3 is 4.74 Å². The minimum absolute atomic E-state index is 0.180. The first-order valence-corrected chi connectivity index (χ1v) is 7.97. The van der Waals surface area contributed by atoms with Gasteiger partial charge in [0.15, 0.2) is 0 Å². The van der Waals surface area contributed by atoms with Crippen molar-refractivity contribution < 1.29 is 13.9 Å². The third-order valence-corrected chi connectivity index (χ3v) is 4.49. The summed E-state index contributed by atoms with van der Waals surface area (Å²) in [5.41, 5.74) is 1.08. The summed E-state index contributed by atoms with van der Waals surface area (Å²) >= 11 is 1.33. The van der Waals surface area contributed by atoms with Crippen LogP contribution in [0, 0.1) is 5.82 Å². The number of nitrogens with zero attached hydrogens (tertiary/aromatic N) is 1. The number of hydrogen-bond acceptors (Lipinski definition) is 4. The largest absolute Gasteiger partial charge is 0.408 e. The van der Waals surface area contributed by atoms with Crippen LogP contribution in [0.1, 0.15) is 13.3 Å². The topological polar surface area (TPSA) is 48.3 Å². The first-order valence-electron chi connectivity index (χ1n) is 7.09. The maximum atomic E-state index is 13.2. The van der Waals surface area contributed by atoms with Gasteiger partial charge in [-0.1, -0.05) is 19.1 Å². The molecule has 118 valence electrons. The van der Waals surface area contributed by atoms with Crippen molar-refractivity contribution in [2.24, 2.45) is 7.05 Å². The Labute approximate surface area is 135 Å². The lowest BCUT2D eigenvalue weighted by Gasteiger charge is -2.15. The zero-order valence-corrected chi connectivity index (χ0v) is 13.4. The lowest BCUT2D eigenvalue weighted by molar-refractivity contribution is -0.134. The summed E-state index contributed by atoms with van der Waals surface area (Å²) < 4.78 is 20.5. The number of pyridine rings is 1. The van der Waals surface area contributed by atoms with Crippen LogP contribution in [0.4, 0.5) is 4.39 Å². The predicted octanol–water partition coefficient (Wildman–Crippen LogP) is 3.72. The maximum Gasteiger partial charge on any atom is 0.312 e. The normalized spacial score (nSPS) is 10.9. The van der Waals surface area contributed by atoms with Crippen LogP contribution in [0.2, 0.25) is 0 Å². The molecule has 2 heterocycles. The molecule has 0 unspecified atom stereocenters. The molecule has 1 aromatic carbocycles. The zero-order chi connectivity index (χ0) is 16.6. The average Bonchev–Trinajstić information content (AvgIpc) is 3.03. The lowest BCUT2D eigenvalue weighted by atomic mass is 10.0. The van der Waals surface area contributed by atoms with Crippen LogP contribution in [-0.4, -0.2) is 10.5 Å². The van der Waals surface area contributed by atoms with Gasteiger partial charge in [-0.05, 0) is 29.1 Å². The number of ether oxygens (including phenoxy) is 1. The predicted molar refractivity (Wildman–Crippen MR) is 88.4 cm³/mol. The van der Waals surface area contributed by atoms with Crippen LogP contribution in [0.25, 0.3) is 21.2 Å². The molecule has 0 fully saturated rings. The van der Waals surface area contributed by atoms with E-state index in [4.69, 9.17) is 4.74 Å². The summed E-state index contributed by atoms with van der Waals surface area (Å²) in [4.78, 5) is 24.2. The molecule has 4 nitrogen and oxygen atoms in total. The molecule has 3 aromatic rings. The van der Waals surface area contributed by atoms with Crippen LogP contribution in [0.15, 0.2) is 40.5 Å². The Bertz CT molecular complexity index is 941. The number of thiophene rings is 1. The van der Waals surface area contributed by atoms with Crippen molar-refractivity contribution in [3.63, 3.8) is 0 Å². The molecule has 6 heteroatoms. The standard InChI is InChI=1S/C17H14FNO3S/c1-3-13(20)22-17-14(10-4-6-11(18)7-5-10)12-8-9-23-15(12)16(21)19(17)2/h4-9H,3H2,1-2H3. The average molecular weight is 331 g/mol. The second-order valence-electron chi connectivity index (χ2n) is 5.04. The van der Waals surface area contributed by atoms with Crippen molar-refractivity contribution in [2.75, 3.05) is 0 Å². The number of halogens is 1. The quantitative estimate of drug-likeness (QED) is 0.687. The molecule has 2 aromatic heterocycles. The van der Waals surface area contributed by atoms with E-state index in [2.05, 4.69) is 0 Å². The Balaban J connectivity index is 2.36. The number of rotatable bonds is 3. The van der Waals surface area contributed by atoms with Crippen molar-refractivity contribution in [1.29, 1.82) is 0 Å². The number of carbonyl (C=O) groups excluding carboxylic acids is 1. The van der Waals surface area contributed by atoms with Crippen molar-refractivity contribution >= 4 is 27.4 Å². The highest BCUT2D eigenvalue weighted by molar-refractivity contribution is 7.17. The van der Waals surface area contributed by atoms with Crippen molar-refractivity contribution in [1.82, 2.24) is 4.57 Å². The van der Waals surface area contributed by atoms with Crippen molar-refractivity contribution in [3.8, 4) is 17.0 Å². The fourth-order valence-corrected chi connectivity index (χ4v) is 3.27. The minimum Gasteiger partial charge on any atom is -0.408 e. The second kappa shape index (κ2) is 5.96. The summed E-state index contributed by atoms with van der Waals surface area (Å²) in [6.45, 7) is 1.68. The van der Waals surface area contributed by atoms with E-state index in [0.29, 0.717) is 21.2 Å². The van der Waals surface area contributed by atoms with Gasteiger partial charge in [0, 0.05) is 18.9 Å². The summed E-state index contributed by atoms with van der Waals surface area (Å²) in [6, 6.07) is 7.70. The van der Waals surface area contributed by atoms with Crippen LogP contribution < -0.4 is 10.3 Å². The van der Waals surface area contributed by atoms with Crippen LogP contribution in [0.5, 0.6) is 5.88 Å². The van der Waals surface area contributed by atoms with E-state index in [1.165, 1.54) is 28.0 Å². The van der Waals surface area contributed by atoms with E-state index < -0.39 is 5.97 Å². The highest BCUT2D eigenvalue weighted by atomic mass is 32.1. The molecule has 3 rings (SSSR count). The Morgan fingerprint density at radius 1 is 1.26 bits per heavy atom. The van der Waals surface area contributed by atoms with Crippen molar-refractivity contribution in [3.05, 3.63) is 51.9 Å². The van der Waals surface area contributed by atoms with Crippen LogP contribution >= 0.6 is 11.3 Å². The molecule has 0 aliphatic heterocycles. The molecule has 0 spiro atoms. The van der Waals surface area contributed by atoms with E-state index >= 15 is 0 Å². The highest BCUT2D eigenvalue weighted by Gasteiger charge is 2.20. The number of benzene rings is 1. The molecule has 0 radical (unpaired) electrons.